The molecule has 0 radical (unpaired) electrons. The smallest absolute Gasteiger partial charge is 0.0595 e. The van der Waals surface area contributed by atoms with Crippen molar-refractivity contribution in [3.8, 4) is 0 Å². The summed E-state index contributed by atoms with van der Waals surface area (Å²) in [5.74, 6) is 0.253. The van der Waals surface area contributed by atoms with Crippen molar-refractivity contribution in [3.63, 3.8) is 0 Å². The van der Waals surface area contributed by atoms with Gasteiger partial charge in [-0.05, 0) is 42.8 Å². The molecule has 1 aromatic heterocycles. The summed E-state index contributed by atoms with van der Waals surface area (Å²) >= 11 is 11.9. The van der Waals surface area contributed by atoms with Gasteiger partial charge in [-0.3, -0.25) is 0 Å². The highest BCUT2D eigenvalue weighted by Gasteiger charge is 2.12. The average molecular weight is 269 g/mol. The third kappa shape index (κ3) is 3.03. The molecule has 3 N–H and O–H groups in total. The maximum absolute atomic E-state index is 6.02. The van der Waals surface area contributed by atoms with Crippen LogP contribution >= 0.6 is 23.2 Å². The van der Waals surface area contributed by atoms with Gasteiger partial charge in [0.25, 0.3) is 0 Å². The molecule has 0 fully saturated rings. The molecule has 2 aromatic rings. The Balaban J connectivity index is 2.20. The molecule has 0 aliphatic rings. The molecule has 0 saturated carbocycles. The number of nitrogens with one attached hydrogen (secondary N) is 1. The minimum absolute atomic E-state index is 0.253. The first-order valence-corrected chi connectivity index (χ1v) is 6.23. The van der Waals surface area contributed by atoms with E-state index >= 15 is 0 Å². The minimum Gasteiger partial charge on any atom is -0.365 e. The molecule has 2 nitrogen and oxygen atoms in total. The molecular formula is C13H14Cl2N2. The van der Waals surface area contributed by atoms with Crippen molar-refractivity contribution in [1.29, 1.82) is 0 Å². The van der Waals surface area contributed by atoms with E-state index in [9.17, 15) is 0 Å². The Kier molecular flexibility index (Phi) is 4.11. The molecule has 1 atom stereocenters. The second-order valence-corrected chi connectivity index (χ2v) is 4.82. The third-order valence-electron chi connectivity index (χ3n) is 2.83. The number of nitrogens with two attached hydrogens (primary N) is 1. The zero-order valence-corrected chi connectivity index (χ0v) is 10.8. The van der Waals surface area contributed by atoms with Crippen LogP contribution in [0.25, 0.3) is 0 Å². The quantitative estimate of drug-likeness (QED) is 0.874. The summed E-state index contributed by atoms with van der Waals surface area (Å²) in [5, 5.41) is 1.15. The van der Waals surface area contributed by atoms with E-state index in [2.05, 4.69) is 11.1 Å². The van der Waals surface area contributed by atoms with Crippen LogP contribution in [0.1, 0.15) is 17.2 Å². The van der Waals surface area contributed by atoms with Gasteiger partial charge in [-0.1, -0.05) is 29.3 Å². The van der Waals surface area contributed by atoms with Crippen LogP contribution in [0.2, 0.25) is 10.0 Å². The van der Waals surface area contributed by atoms with Crippen LogP contribution < -0.4 is 5.73 Å². The topological polar surface area (TPSA) is 41.8 Å². The first kappa shape index (κ1) is 12.5. The van der Waals surface area contributed by atoms with Crippen molar-refractivity contribution >= 4 is 23.2 Å². The Morgan fingerprint density at radius 3 is 2.59 bits per heavy atom. The Bertz CT molecular complexity index is 480. The number of benzene rings is 1. The van der Waals surface area contributed by atoms with Gasteiger partial charge in [0.05, 0.1) is 10.0 Å². The van der Waals surface area contributed by atoms with Crippen LogP contribution in [0.3, 0.4) is 0 Å². The molecule has 0 bridgehead atoms. The zero-order chi connectivity index (χ0) is 12.3. The van der Waals surface area contributed by atoms with Crippen LogP contribution in [-0.2, 0) is 6.42 Å². The van der Waals surface area contributed by atoms with E-state index in [1.165, 1.54) is 5.69 Å². The average Bonchev–Trinajstić information content (AvgIpc) is 2.82. The van der Waals surface area contributed by atoms with E-state index in [4.69, 9.17) is 28.9 Å². The zero-order valence-electron chi connectivity index (χ0n) is 9.29. The van der Waals surface area contributed by atoms with Crippen LogP contribution in [0.15, 0.2) is 36.5 Å². The standard InChI is InChI=1S/C13H14Cl2N2/c14-12-4-3-9(7-13(12)15)10(8-16)6-11-2-1-5-17-11/h1-5,7,10,17H,6,8,16H2. The summed E-state index contributed by atoms with van der Waals surface area (Å²) in [7, 11) is 0. The highest BCUT2D eigenvalue weighted by molar-refractivity contribution is 6.42. The lowest BCUT2D eigenvalue weighted by Crippen LogP contribution is -2.15. The molecule has 1 unspecified atom stereocenters. The lowest BCUT2D eigenvalue weighted by Gasteiger charge is -2.15. The monoisotopic (exact) mass is 268 g/mol. The van der Waals surface area contributed by atoms with E-state index in [0.29, 0.717) is 16.6 Å². The summed E-state index contributed by atoms with van der Waals surface area (Å²) in [6.45, 7) is 0.580. The molecule has 0 aliphatic carbocycles. The summed E-state index contributed by atoms with van der Waals surface area (Å²) in [5.41, 5.74) is 8.11. The molecular weight excluding hydrogens is 255 g/mol. The van der Waals surface area contributed by atoms with Gasteiger partial charge in [0.1, 0.15) is 0 Å². The van der Waals surface area contributed by atoms with Crippen LogP contribution in [0.4, 0.5) is 0 Å². The van der Waals surface area contributed by atoms with Gasteiger partial charge in [0.15, 0.2) is 0 Å². The fraction of sp³-hybridized carbons (Fsp3) is 0.231. The maximum Gasteiger partial charge on any atom is 0.0595 e. The van der Waals surface area contributed by atoms with Gasteiger partial charge in [-0.2, -0.15) is 0 Å². The van der Waals surface area contributed by atoms with Gasteiger partial charge in [-0.25, -0.2) is 0 Å². The highest BCUT2D eigenvalue weighted by Crippen LogP contribution is 2.27. The van der Waals surface area contributed by atoms with E-state index in [1.807, 2.05) is 30.5 Å². The molecule has 1 heterocycles. The molecule has 1 aromatic carbocycles. The number of aromatic amines is 1. The predicted octanol–water partition coefficient (Wildman–Crippen LogP) is 3.61. The maximum atomic E-state index is 6.02. The van der Waals surface area contributed by atoms with Gasteiger partial charge in [-0.15, -0.1) is 0 Å². The first-order valence-electron chi connectivity index (χ1n) is 5.48. The third-order valence-corrected chi connectivity index (χ3v) is 3.57. The first-order chi connectivity index (χ1) is 8.20. The number of hydrogen-bond donors (Lipinski definition) is 2. The summed E-state index contributed by atoms with van der Waals surface area (Å²) < 4.78 is 0. The van der Waals surface area contributed by atoms with E-state index < -0.39 is 0 Å². The van der Waals surface area contributed by atoms with E-state index in [-0.39, 0.29) is 5.92 Å². The van der Waals surface area contributed by atoms with Crippen molar-refractivity contribution in [3.05, 3.63) is 57.8 Å². The highest BCUT2D eigenvalue weighted by atomic mass is 35.5. The van der Waals surface area contributed by atoms with Crippen molar-refractivity contribution in [1.82, 2.24) is 4.98 Å². The predicted molar refractivity (Wildman–Crippen MR) is 72.8 cm³/mol. The van der Waals surface area contributed by atoms with Crippen molar-refractivity contribution in [2.75, 3.05) is 6.54 Å². The van der Waals surface area contributed by atoms with Gasteiger partial charge >= 0.3 is 0 Å². The largest absolute Gasteiger partial charge is 0.365 e. The Hall–Kier alpha value is -0.960. The lowest BCUT2D eigenvalue weighted by atomic mass is 9.94. The summed E-state index contributed by atoms with van der Waals surface area (Å²) in [6, 6.07) is 9.73. The van der Waals surface area contributed by atoms with E-state index in [1.54, 1.807) is 0 Å². The molecule has 0 spiro atoms. The van der Waals surface area contributed by atoms with Gasteiger partial charge in [0.2, 0.25) is 0 Å². The molecule has 0 aliphatic heterocycles. The fourth-order valence-electron chi connectivity index (χ4n) is 1.86. The molecule has 0 saturated heterocycles. The van der Waals surface area contributed by atoms with Crippen LogP contribution in [0.5, 0.6) is 0 Å². The van der Waals surface area contributed by atoms with E-state index in [0.717, 1.165) is 12.0 Å². The second kappa shape index (κ2) is 5.58. The summed E-state index contributed by atoms with van der Waals surface area (Å²) in [4.78, 5) is 3.18. The molecule has 4 heteroatoms. The minimum atomic E-state index is 0.253. The number of rotatable bonds is 4. The van der Waals surface area contributed by atoms with Crippen molar-refractivity contribution < 1.29 is 0 Å². The van der Waals surface area contributed by atoms with Crippen molar-refractivity contribution in [2.45, 2.75) is 12.3 Å². The van der Waals surface area contributed by atoms with Crippen LogP contribution in [0, 0.1) is 0 Å². The second-order valence-electron chi connectivity index (χ2n) is 4.01. The van der Waals surface area contributed by atoms with Crippen LogP contribution in [-0.4, -0.2) is 11.5 Å². The summed E-state index contributed by atoms with van der Waals surface area (Å²) in [6.07, 6.45) is 2.79. The number of H-pyrrole nitrogens is 1. The molecule has 0 amide bonds. The molecule has 2 rings (SSSR count). The van der Waals surface area contributed by atoms with Gasteiger partial charge < -0.3 is 10.7 Å². The Morgan fingerprint density at radius 2 is 2.00 bits per heavy atom. The molecule has 90 valence electrons. The fourth-order valence-corrected chi connectivity index (χ4v) is 2.17. The Morgan fingerprint density at radius 1 is 1.18 bits per heavy atom. The Labute approximate surface area is 111 Å². The number of aromatic nitrogens is 1. The number of halogens is 2. The molecule has 17 heavy (non-hydrogen) atoms. The lowest BCUT2D eigenvalue weighted by molar-refractivity contribution is 0.684. The van der Waals surface area contributed by atoms with Crippen molar-refractivity contribution in [2.24, 2.45) is 5.73 Å². The number of hydrogen-bond acceptors (Lipinski definition) is 1. The van der Waals surface area contributed by atoms with Gasteiger partial charge in [0, 0.05) is 17.8 Å². The normalized spacial score (nSPS) is 12.6. The SMILES string of the molecule is NCC(Cc1ccc[nH]1)c1ccc(Cl)c(Cl)c1.